The van der Waals surface area contributed by atoms with E-state index in [-0.39, 0.29) is 16.8 Å². The first-order chi connectivity index (χ1) is 14.8. The Bertz CT molecular complexity index is 1250. The monoisotopic (exact) mass is 413 g/mol. The minimum Gasteiger partial charge on any atom is -0.266 e. The number of nitrogens with zero attached hydrogens (tertiary/aromatic N) is 4. The Morgan fingerprint density at radius 2 is 1.90 bits per heavy atom. The summed E-state index contributed by atoms with van der Waals surface area (Å²) in [4.78, 5) is 25.4. The lowest BCUT2D eigenvalue weighted by Crippen LogP contribution is -2.31. The van der Waals surface area contributed by atoms with Crippen molar-refractivity contribution < 1.29 is 4.79 Å². The number of carbonyl (C=O) groups excluding carboxylic acids is 1. The normalized spacial score (nSPS) is 11.0. The molecular formula is C24H23N5O2. The van der Waals surface area contributed by atoms with E-state index in [1.54, 1.807) is 18.2 Å². The van der Waals surface area contributed by atoms with E-state index in [1.807, 2.05) is 43.3 Å². The zero-order valence-corrected chi connectivity index (χ0v) is 17.9. The van der Waals surface area contributed by atoms with Gasteiger partial charge in [0, 0.05) is 5.56 Å². The van der Waals surface area contributed by atoms with Gasteiger partial charge in [0.1, 0.15) is 11.6 Å². The summed E-state index contributed by atoms with van der Waals surface area (Å²) >= 11 is 0. The minimum absolute atomic E-state index is 0.0371. The first kappa shape index (κ1) is 21.7. The first-order valence-electron chi connectivity index (χ1n) is 9.86. The Morgan fingerprint density at radius 1 is 1.19 bits per heavy atom. The molecule has 1 aromatic heterocycles. The van der Waals surface area contributed by atoms with E-state index in [2.05, 4.69) is 29.5 Å². The van der Waals surface area contributed by atoms with Crippen molar-refractivity contribution in [1.29, 1.82) is 5.26 Å². The van der Waals surface area contributed by atoms with Crippen LogP contribution in [0.5, 0.6) is 0 Å². The second-order valence-corrected chi connectivity index (χ2v) is 7.54. The van der Waals surface area contributed by atoms with Crippen LogP contribution in [0.25, 0.3) is 5.69 Å². The maximum absolute atomic E-state index is 12.7. The van der Waals surface area contributed by atoms with Crippen LogP contribution in [-0.4, -0.2) is 21.9 Å². The summed E-state index contributed by atoms with van der Waals surface area (Å²) in [6.07, 6.45) is 1.53. The molecule has 156 valence electrons. The highest BCUT2D eigenvalue weighted by Gasteiger charge is 2.20. The molecule has 0 atom stereocenters. The van der Waals surface area contributed by atoms with Crippen molar-refractivity contribution in [2.24, 2.45) is 5.10 Å². The van der Waals surface area contributed by atoms with Crippen molar-refractivity contribution in [3.63, 3.8) is 0 Å². The Hall–Kier alpha value is -4.05. The van der Waals surface area contributed by atoms with Crippen LogP contribution in [-0.2, 0) is 0 Å². The van der Waals surface area contributed by atoms with Gasteiger partial charge in [-0.15, -0.1) is 0 Å². The number of amides is 1. The number of aromatic nitrogens is 2. The van der Waals surface area contributed by atoms with Crippen molar-refractivity contribution >= 4 is 12.1 Å². The van der Waals surface area contributed by atoms with Gasteiger partial charge in [0.05, 0.1) is 11.9 Å². The van der Waals surface area contributed by atoms with Gasteiger partial charge in [0.15, 0.2) is 5.69 Å². The summed E-state index contributed by atoms with van der Waals surface area (Å²) in [5.74, 6) is -0.177. The second-order valence-electron chi connectivity index (χ2n) is 7.54. The fourth-order valence-electron chi connectivity index (χ4n) is 3.07. The molecule has 1 N–H and O–H groups in total. The van der Waals surface area contributed by atoms with Gasteiger partial charge in [-0.1, -0.05) is 50.2 Å². The molecule has 0 fully saturated rings. The summed E-state index contributed by atoms with van der Waals surface area (Å²) in [6, 6.07) is 16.8. The Morgan fingerprint density at radius 3 is 2.52 bits per heavy atom. The third-order valence-electron chi connectivity index (χ3n) is 4.89. The van der Waals surface area contributed by atoms with E-state index >= 15 is 0 Å². The number of hydrogen-bond acceptors (Lipinski definition) is 5. The smallest absolute Gasteiger partial charge is 0.266 e. The molecule has 3 rings (SSSR count). The number of aryl methyl sites for hydroxylation is 1. The van der Waals surface area contributed by atoms with Gasteiger partial charge < -0.3 is 0 Å². The number of hydrazone groups is 1. The predicted molar refractivity (Wildman–Crippen MR) is 120 cm³/mol. The fourth-order valence-corrected chi connectivity index (χ4v) is 3.07. The largest absolute Gasteiger partial charge is 0.292 e. The lowest BCUT2D eigenvalue weighted by molar-refractivity contribution is 0.0947. The van der Waals surface area contributed by atoms with E-state index in [0.717, 1.165) is 15.8 Å². The van der Waals surface area contributed by atoms with Crippen LogP contribution in [0.3, 0.4) is 0 Å². The molecule has 0 aliphatic heterocycles. The van der Waals surface area contributed by atoms with Crippen molar-refractivity contribution in [3.05, 3.63) is 92.4 Å². The lowest BCUT2D eigenvalue weighted by Gasteiger charge is -2.11. The summed E-state index contributed by atoms with van der Waals surface area (Å²) in [5, 5.41) is 17.7. The molecule has 1 heterocycles. The molecule has 1 amide bonds. The van der Waals surface area contributed by atoms with E-state index < -0.39 is 11.5 Å². The zero-order valence-electron chi connectivity index (χ0n) is 17.9. The number of nitriles is 1. The van der Waals surface area contributed by atoms with Gasteiger partial charge in [-0.2, -0.15) is 20.1 Å². The lowest BCUT2D eigenvalue weighted by atomic mass is 10.0. The molecular weight excluding hydrogens is 390 g/mol. The van der Waals surface area contributed by atoms with Crippen molar-refractivity contribution in [2.75, 3.05) is 0 Å². The molecule has 0 aliphatic carbocycles. The standard InChI is InChI=1S/C24H23N5O2/c1-15(2)19-10-8-18(9-11-19)14-26-27-23(30)22-17(4)21(13-25)24(31)29(28-22)20-7-5-6-16(3)12-20/h5-12,14-15H,1-4H3,(H,27,30)/b26-14+. The topological polar surface area (TPSA) is 100 Å². The first-order valence-corrected chi connectivity index (χ1v) is 9.86. The highest BCUT2D eigenvalue weighted by molar-refractivity contribution is 5.94. The van der Waals surface area contributed by atoms with Crippen LogP contribution >= 0.6 is 0 Å². The summed E-state index contributed by atoms with van der Waals surface area (Å²) in [6.45, 7) is 7.63. The maximum Gasteiger partial charge on any atom is 0.292 e. The average molecular weight is 413 g/mol. The number of carbonyl (C=O) groups is 1. The molecule has 7 heteroatoms. The van der Waals surface area contributed by atoms with Crippen LogP contribution < -0.4 is 11.0 Å². The van der Waals surface area contributed by atoms with Gasteiger partial charge in [0.2, 0.25) is 0 Å². The number of nitrogens with one attached hydrogen (secondary N) is 1. The van der Waals surface area contributed by atoms with Crippen LogP contribution in [0.4, 0.5) is 0 Å². The molecule has 2 aromatic carbocycles. The molecule has 7 nitrogen and oxygen atoms in total. The van der Waals surface area contributed by atoms with Crippen LogP contribution in [0.1, 0.15) is 58.1 Å². The van der Waals surface area contributed by atoms with Crippen molar-refractivity contribution in [2.45, 2.75) is 33.6 Å². The Kier molecular flexibility index (Phi) is 6.41. The van der Waals surface area contributed by atoms with E-state index in [4.69, 9.17) is 0 Å². The highest BCUT2D eigenvalue weighted by Crippen LogP contribution is 2.14. The Balaban J connectivity index is 1.91. The van der Waals surface area contributed by atoms with Crippen molar-refractivity contribution in [3.8, 4) is 11.8 Å². The van der Waals surface area contributed by atoms with E-state index in [9.17, 15) is 14.9 Å². The average Bonchev–Trinajstić information content (AvgIpc) is 2.74. The minimum atomic E-state index is -0.606. The number of rotatable bonds is 5. The second kappa shape index (κ2) is 9.18. The van der Waals surface area contributed by atoms with Gasteiger partial charge in [-0.3, -0.25) is 9.59 Å². The molecule has 0 bridgehead atoms. The number of hydrogen-bond donors (Lipinski definition) is 1. The molecule has 0 radical (unpaired) electrons. The van der Waals surface area contributed by atoms with Crippen LogP contribution in [0.2, 0.25) is 0 Å². The Labute approximate surface area is 180 Å². The van der Waals surface area contributed by atoms with E-state index in [0.29, 0.717) is 11.6 Å². The third kappa shape index (κ3) is 4.75. The maximum atomic E-state index is 12.7. The van der Waals surface area contributed by atoms with Crippen LogP contribution in [0, 0.1) is 25.2 Å². The quantitative estimate of drug-likeness (QED) is 0.510. The number of benzene rings is 2. The molecule has 31 heavy (non-hydrogen) atoms. The highest BCUT2D eigenvalue weighted by atomic mass is 16.2. The summed E-state index contributed by atoms with van der Waals surface area (Å²) in [5.41, 5.74) is 5.34. The third-order valence-corrected chi connectivity index (χ3v) is 4.89. The summed E-state index contributed by atoms with van der Waals surface area (Å²) < 4.78 is 1.07. The van der Waals surface area contributed by atoms with Gasteiger partial charge in [0.25, 0.3) is 11.5 Å². The van der Waals surface area contributed by atoms with Crippen molar-refractivity contribution in [1.82, 2.24) is 15.2 Å². The molecule has 0 saturated carbocycles. The SMILES string of the molecule is Cc1cccc(-n2nc(C(=O)N/N=C/c3ccc(C(C)C)cc3)c(C)c(C#N)c2=O)c1. The molecule has 0 saturated heterocycles. The van der Waals surface area contributed by atoms with Gasteiger partial charge >= 0.3 is 0 Å². The van der Waals surface area contributed by atoms with Gasteiger partial charge in [-0.05, 0) is 48.6 Å². The summed E-state index contributed by atoms with van der Waals surface area (Å²) in [7, 11) is 0. The predicted octanol–water partition coefficient (Wildman–Crippen LogP) is 3.61. The molecule has 0 aliphatic rings. The van der Waals surface area contributed by atoms with Gasteiger partial charge in [-0.25, -0.2) is 5.43 Å². The molecule has 3 aromatic rings. The zero-order chi connectivity index (χ0) is 22.5. The van der Waals surface area contributed by atoms with E-state index in [1.165, 1.54) is 18.7 Å². The fraction of sp³-hybridized carbons (Fsp3) is 0.208. The van der Waals surface area contributed by atoms with Crippen LogP contribution in [0.15, 0.2) is 58.4 Å². The molecule has 0 unspecified atom stereocenters. The molecule has 0 spiro atoms.